The maximum absolute atomic E-state index is 12.1. The molecule has 2 aromatic heterocycles. The lowest BCUT2D eigenvalue weighted by atomic mass is 10.2. The number of nitrogens with zero attached hydrogens (tertiary/aromatic N) is 5. The van der Waals surface area contributed by atoms with Crippen LogP contribution < -0.4 is 10.2 Å². The van der Waals surface area contributed by atoms with Gasteiger partial charge in [0.25, 0.3) is 5.91 Å². The lowest BCUT2D eigenvalue weighted by Gasteiger charge is -2.33. The van der Waals surface area contributed by atoms with E-state index < -0.39 is 0 Å². The van der Waals surface area contributed by atoms with Crippen LogP contribution in [0.5, 0.6) is 0 Å². The molecular weight excluding hydrogens is 328 g/mol. The van der Waals surface area contributed by atoms with Gasteiger partial charge in [-0.1, -0.05) is 17.7 Å². The fourth-order valence-corrected chi connectivity index (χ4v) is 2.89. The number of piperazine rings is 1. The van der Waals surface area contributed by atoms with Gasteiger partial charge in [0.1, 0.15) is 5.82 Å². The van der Waals surface area contributed by atoms with Gasteiger partial charge in [0, 0.05) is 52.2 Å². The molecule has 24 heavy (non-hydrogen) atoms. The predicted octanol–water partition coefficient (Wildman–Crippen LogP) is 1.15. The summed E-state index contributed by atoms with van der Waals surface area (Å²) < 4.78 is 1.52. The number of likely N-dealkylation sites (N-methyl/N-ethyl adjacent to an activating group) is 1. The van der Waals surface area contributed by atoms with Crippen LogP contribution in [-0.2, 0) is 13.6 Å². The van der Waals surface area contributed by atoms with Gasteiger partial charge in [0.15, 0.2) is 5.69 Å². The summed E-state index contributed by atoms with van der Waals surface area (Å²) in [6.07, 6.45) is 3.40. The van der Waals surface area contributed by atoms with Gasteiger partial charge in [-0.15, -0.1) is 0 Å². The van der Waals surface area contributed by atoms with Gasteiger partial charge >= 0.3 is 0 Å². The molecule has 1 amide bonds. The van der Waals surface area contributed by atoms with E-state index in [1.54, 1.807) is 19.4 Å². The molecule has 0 spiro atoms. The molecule has 0 atom stereocenters. The number of pyridine rings is 1. The highest BCUT2D eigenvalue weighted by Gasteiger charge is 2.16. The standard InChI is InChI=1S/C16H21ClN6O/c1-21-5-7-23(8-6-21)14-4-3-12(9-18-14)10-19-16(24)15-13(17)11-22(2)20-15/h3-4,9,11H,5-8,10H2,1-2H3,(H,19,24). The van der Waals surface area contributed by atoms with E-state index in [2.05, 4.69) is 32.2 Å². The van der Waals surface area contributed by atoms with Gasteiger partial charge < -0.3 is 15.1 Å². The van der Waals surface area contributed by atoms with E-state index in [0.29, 0.717) is 11.6 Å². The monoisotopic (exact) mass is 348 g/mol. The van der Waals surface area contributed by atoms with Crippen molar-refractivity contribution in [3.8, 4) is 0 Å². The van der Waals surface area contributed by atoms with Crippen LogP contribution >= 0.6 is 11.6 Å². The molecule has 3 heterocycles. The van der Waals surface area contributed by atoms with Crippen molar-refractivity contribution in [2.24, 2.45) is 7.05 Å². The molecule has 0 aromatic carbocycles. The van der Waals surface area contributed by atoms with E-state index in [4.69, 9.17) is 11.6 Å². The van der Waals surface area contributed by atoms with Crippen LogP contribution in [0.3, 0.4) is 0 Å². The second-order valence-corrected chi connectivity index (χ2v) is 6.40. The third-order valence-electron chi connectivity index (χ3n) is 4.09. The van der Waals surface area contributed by atoms with Gasteiger partial charge in [0.2, 0.25) is 0 Å². The number of halogens is 1. The minimum atomic E-state index is -0.288. The fraction of sp³-hybridized carbons (Fsp3) is 0.438. The second-order valence-electron chi connectivity index (χ2n) is 6.00. The summed E-state index contributed by atoms with van der Waals surface area (Å²) in [6.45, 7) is 4.45. The molecule has 1 N–H and O–H groups in total. The first-order chi connectivity index (χ1) is 11.5. The molecular formula is C16H21ClN6O. The van der Waals surface area contributed by atoms with E-state index in [-0.39, 0.29) is 11.6 Å². The minimum absolute atomic E-state index is 0.237. The average molecular weight is 349 g/mol. The van der Waals surface area contributed by atoms with Crippen LogP contribution in [0.2, 0.25) is 5.02 Å². The first-order valence-electron chi connectivity index (χ1n) is 7.88. The molecule has 0 bridgehead atoms. The van der Waals surface area contributed by atoms with Crippen molar-refractivity contribution in [2.45, 2.75) is 6.54 Å². The Morgan fingerprint density at radius 2 is 2.00 bits per heavy atom. The van der Waals surface area contributed by atoms with Gasteiger partial charge in [-0.3, -0.25) is 9.48 Å². The quantitative estimate of drug-likeness (QED) is 0.898. The normalized spacial score (nSPS) is 15.5. The zero-order valence-electron chi connectivity index (χ0n) is 13.9. The molecule has 3 rings (SSSR count). The number of anilines is 1. The number of hydrogen-bond donors (Lipinski definition) is 1. The summed E-state index contributed by atoms with van der Waals surface area (Å²) >= 11 is 5.97. The van der Waals surface area contributed by atoms with Crippen LogP contribution in [-0.4, -0.2) is 58.8 Å². The van der Waals surface area contributed by atoms with Crippen molar-refractivity contribution in [1.29, 1.82) is 0 Å². The van der Waals surface area contributed by atoms with Crippen molar-refractivity contribution in [2.75, 3.05) is 38.1 Å². The zero-order valence-corrected chi connectivity index (χ0v) is 14.6. The number of nitrogens with one attached hydrogen (secondary N) is 1. The number of hydrogen-bond acceptors (Lipinski definition) is 5. The maximum atomic E-state index is 12.1. The molecule has 1 aliphatic rings. The summed E-state index contributed by atoms with van der Waals surface area (Å²) in [5.41, 5.74) is 1.18. The molecule has 1 saturated heterocycles. The molecule has 0 unspecified atom stereocenters. The zero-order chi connectivity index (χ0) is 17.1. The Morgan fingerprint density at radius 1 is 1.25 bits per heavy atom. The summed E-state index contributed by atoms with van der Waals surface area (Å²) in [6, 6.07) is 3.99. The Kier molecular flexibility index (Phi) is 5.01. The average Bonchev–Trinajstić information content (AvgIpc) is 2.92. The largest absolute Gasteiger partial charge is 0.354 e. The Labute approximate surface area is 146 Å². The maximum Gasteiger partial charge on any atom is 0.273 e. The lowest BCUT2D eigenvalue weighted by Crippen LogP contribution is -2.44. The van der Waals surface area contributed by atoms with Crippen molar-refractivity contribution in [3.63, 3.8) is 0 Å². The van der Waals surface area contributed by atoms with Gasteiger partial charge in [-0.2, -0.15) is 5.10 Å². The van der Waals surface area contributed by atoms with Crippen molar-refractivity contribution >= 4 is 23.3 Å². The van der Waals surface area contributed by atoms with Gasteiger partial charge in [-0.05, 0) is 18.7 Å². The molecule has 128 valence electrons. The van der Waals surface area contributed by atoms with Crippen LogP contribution in [0.4, 0.5) is 5.82 Å². The van der Waals surface area contributed by atoms with Crippen LogP contribution in [0.25, 0.3) is 0 Å². The Hall–Kier alpha value is -2.12. The summed E-state index contributed by atoms with van der Waals surface area (Å²) in [5.74, 6) is 0.690. The smallest absolute Gasteiger partial charge is 0.273 e. The summed E-state index contributed by atoms with van der Waals surface area (Å²) in [4.78, 5) is 21.2. The van der Waals surface area contributed by atoms with Crippen molar-refractivity contribution < 1.29 is 4.79 Å². The highest BCUT2D eigenvalue weighted by atomic mass is 35.5. The van der Waals surface area contributed by atoms with E-state index >= 15 is 0 Å². The molecule has 1 fully saturated rings. The first kappa shape index (κ1) is 16.7. The van der Waals surface area contributed by atoms with Crippen molar-refractivity contribution in [3.05, 3.63) is 40.8 Å². The first-order valence-corrected chi connectivity index (χ1v) is 8.26. The highest BCUT2D eigenvalue weighted by molar-refractivity contribution is 6.33. The third kappa shape index (κ3) is 3.85. The van der Waals surface area contributed by atoms with Gasteiger partial charge in [0.05, 0.1) is 5.02 Å². The lowest BCUT2D eigenvalue weighted by molar-refractivity contribution is 0.0945. The van der Waals surface area contributed by atoms with E-state index in [1.165, 1.54) is 4.68 Å². The predicted molar refractivity (Wildman–Crippen MR) is 93.3 cm³/mol. The third-order valence-corrected chi connectivity index (χ3v) is 4.37. The molecule has 0 radical (unpaired) electrons. The molecule has 8 heteroatoms. The Balaban J connectivity index is 1.56. The fourth-order valence-electron chi connectivity index (χ4n) is 2.62. The molecule has 2 aromatic rings. The number of carbonyl (C=O) groups excluding carboxylic acids is 1. The Bertz CT molecular complexity index is 706. The number of amides is 1. The number of rotatable bonds is 4. The number of aryl methyl sites for hydroxylation is 1. The van der Waals surface area contributed by atoms with E-state index in [9.17, 15) is 4.79 Å². The highest BCUT2D eigenvalue weighted by Crippen LogP contribution is 2.15. The topological polar surface area (TPSA) is 66.3 Å². The molecule has 1 aliphatic heterocycles. The molecule has 0 saturated carbocycles. The number of aromatic nitrogens is 3. The van der Waals surface area contributed by atoms with E-state index in [1.807, 2.05) is 12.1 Å². The van der Waals surface area contributed by atoms with Crippen molar-refractivity contribution in [1.82, 2.24) is 25.0 Å². The van der Waals surface area contributed by atoms with E-state index in [0.717, 1.165) is 37.6 Å². The van der Waals surface area contributed by atoms with Crippen LogP contribution in [0.15, 0.2) is 24.5 Å². The van der Waals surface area contributed by atoms with Gasteiger partial charge in [-0.25, -0.2) is 4.98 Å². The SMILES string of the molecule is CN1CCN(c2ccc(CNC(=O)c3nn(C)cc3Cl)cn2)CC1. The molecule has 0 aliphatic carbocycles. The molecule has 7 nitrogen and oxygen atoms in total. The van der Waals surface area contributed by atoms with Crippen LogP contribution in [0, 0.1) is 0 Å². The number of carbonyl (C=O) groups is 1. The minimum Gasteiger partial charge on any atom is -0.354 e. The Morgan fingerprint density at radius 3 is 2.58 bits per heavy atom. The second kappa shape index (κ2) is 7.19. The van der Waals surface area contributed by atoms with Crippen LogP contribution in [0.1, 0.15) is 16.1 Å². The summed E-state index contributed by atoms with van der Waals surface area (Å²) in [7, 11) is 3.86. The summed E-state index contributed by atoms with van der Waals surface area (Å²) in [5, 5.41) is 7.21.